The van der Waals surface area contributed by atoms with Crippen molar-refractivity contribution < 1.29 is 9.90 Å². The van der Waals surface area contributed by atoms with Crippen LogP contribution in [0.5, 0.6) is 0 Å². The SMILES string of the molecule is O=C([O-])C(Cc1cnccn1)c1ccccc1. The molecule has 1 heterocycles. The molecule has 0 radical (unpaired) electrons. The van der Waals surface area contributed by atoms with Gasteiger partial charge in [0.25, 0.3) is 0 Å². The first kappa shape index (κ1) is 11.3. The van der Waals surface area contributed by atoms with E-state index in [1.807, 2.05) is 18.2 Å². The van der Waals surface area contributed by atoms with Crippen LogP contribution in [0.3, 0.4) is 0 Å². The zero-order chi connectivity index (χ0) is 12.1. The number of hydrogen-bond donors (Lipinski definition) is 0. The van der Waals surface area contributed by atoms with Crippen molar-refractivity contribution in [1.29, 1.82) is 0 Å². The van der Waals surface area contributed by atoms with Crippen molar-refractivity contribution >= 4 is 5.97 Å². The minimum absolute atomic E-state index is 0.292. The Morgan fingerprint density at radius 1 is 1.24 bits per heavy atom. The Balaban J connectivity index is 2.23. The Morgan fingerprint density at radius 2 is 2.00 bits per heavy atom. The minimum atomic E-state index is -1.10. The average molecular weight is 227 g/mol. The fourth-order valence-corrected chi connectivity index (χ4v) is 1.67. The number of carbonyl (C=O) groups is 1. The molecule has 0 saturated heterocycles. The highest BCUT2D eigenvalue weighted by atomic mass is 16.4. The highest BCUT2D eigenvalue weighted by molar-refractivity contribution is 5.74. The second kappa shape index (κ2) is 5.21. The smallest absolute Gasteiger partial charge is 0.0596 e. The second-order valence-corrected chi connectivity index (χ2v) is 3.68. The molecule has 0 aliphatic rings. The standard InChI is InChI=1S/C13H12N2O2/c16-13(17)12(10-4-2-1-3-5-10)8-11-9-14-6-7-15-11/h1-7,9,12H,8H2,(H,16,17)/p-1. The fraction of sp³-hybridized carbons (Fsp3) is 0.154. The van der Waals surface area contributed by atoms with Crippen LogP contribution in [-0.4, -0.2) is 15.9 Å². The molecule has 4 heteroatoms. The first-order valence-corrected chi connectivity index (χ1v) is 5.28. The van der Waals surface area contributed by atoms with E-state index in [1.165, 1.54) is 0 Å². The summed E-state index contributed by atoms with van der Waals surface area (Å²) in [4.78, 5) is 19.1. The number of carbonyl (C=O) groups excluding carboxylic acids is 1. The Morgan fingerprint density at radius 3 is 2.59 bits per heavy atom. The summed E-state index contributed by atoms with van der Waals surface area (Å²) in [6.07, 6.45) is 4.96. The van der Waals surface area contributed by atoms with Crippen LogP contribution in [0.25, 0.3) is 0 Å². The van der Waals surface area contributed by atoms with Crippen LogP contribution < -0.4 is 5.11 Å². The summed E-state index contributed by atoms with van der Waals surface area (Å²) >= 11 is 0. The highest BCUT2D eigenvalue weighted by Crippen LogP contribution is 2.18. The third-order valence-corrected chi connectivity index (χ3v) is 2.52. The lowest BCUT2D eigenvalue weighted by atomic mass is 9.94. The van der Waals surface area contributed by atoms with Gasteiger partial charge in [-0.1, -0.05) is 30.3 Å². The van der Waals surface area contributed by atoms with Crippen molar-refractivity contribution in [3.63, 3.8) is 0 Å². The number of carboxylic acid groups (broad SMARTS) is 1. The van der Waals surface area contributed by atoms with Crippen molar-refractivity contribution in [3.8, 4) is 0 Å². The van der Waals surface area contributed by atoms with E-state index in [2.05, 4.69) is 9.97 Å². The van der Waals surface area contributed by atoms with Crippen LogP contribution in [0, 0.1) is 0 Å². The van der Waals surface area contributed by atoms with Gasteiger partial charge in [-0.25, -0.2) is 0 Å². The molecule has 1 atom stereocenters. The fourth-order valence-electron chi connectivity index (χ4n) is 1.67. The summed E-state index contributed by atoms with van der Waals surface area (Å²) in [5.41, 5.74) is 1.36. The lowest BCUT2D eigenvalue weighted by molar-refractivity contribution is -0.308. The maximum atomic E-state index is 11.1. The molecule has 0 bridgehead atoms. The van der Waals surface area contributed by atoms with Crippen molar-refractivity contribution in [1.82, 2.24) is 9.97 Å². The van der Waals surface area contributed by atoms with Gasteiger partial charge >= 0.3 is 0 Å². The molecule has 4 nitrogen and oxygen atoms in total. The topological polar surface area (TPSA) is 65.9 Å². The Bertz CT molecular complexity index is 485. The van der Waals surface area contributed by atoms with E-state index >= 15 is 0 Å². The molecule has 0 aliphatic heterocycles. The van der Waals surface area contributed by atoms with E-state index in [4.69, 9.17) is 0 Å². The summed E-state index contributed by atoms with van der Waals surface area (Å²) < 4.78 is 0. The molecular weight excluding hydrogens is 216 g/mol. The van der Waals surface area contributed by atoms with Gasteiger partial charge in [-0.2, -0.15) is 0 Å². The molecule has 1 aromatic heterocycles. The van der Waals surface area contributed by atoms with Gasteiger partial charge in [0, 0.05) is 36.9 Å². The quantitative estimate of drug-likeness (QED) is 0.765. The van der Waals surface area contributed by atoms with E-state index < -0.39 is 11.9 Å². The zero-order valence-corrected chi connectivity index (χ0v) is 9.11. The first-order valence-electron chi connectivity index (χ1n) is 5.28. The Hall–Kier alpha value is -2.23. The largest absolute Gasteiger partial charge is 0.549 e. The molecule has 1 aromatic carbocycles. The summed E-state index contributed by atoms with van der Waals surface area (Å²) in [6, 6.07) is 9.01. The summed E-state index contributed by atoms with van der Waals surface area (Å²) in [6.45, 7) is 0. The first-order chi connectivity index (χ1) is 8.27. The van der Waals surface area contributed by atoms with Crippen LogP contribution in [0.2, 0.25) is 0 Å². The van der Waals surface area contributed by atoms with Gasteiger partial charge in [-0.15, -0.1) is 0 Å². The maximum Gasteiger partial charge on any atom is 0.0596 e. The summed E-state index contributed by atoms with van der Waals surface area (Å²) in [5.74, 6) is -1.78. The zero-order valence-electron chi connectivity index (χ0n) is 9.11. The van der Waals surface area contributed by atoms with Crippen LogP contribution in [0.1, 0.15) is 17.2 Å². The van der Waals surface area contributed by atoms with Gasteiger partial charge in [0.15, 0.2) is 0 Å². The number of benzene rings is 1. The van der Waals surface area contributed by atoms with E-state index in [0.29, 0.717) is 12.1 Å². The molecule has 0 spiro atoms. The van der Waals surface area contributed by atoms with Crippen LogP contribution in [0.4, 0.5) is 0 Å². The van der Waals surface area contributed by atoms with Gasteiger partial charge in [0.1, 0.15) is 0 Å². The molecule has 0 saturated carbocycles. The Kier molecular flexibility index (Phi) is 3.45. The molecule has 0 amide bonds. The van der Waals surface area contributed by atoms with E-state index in [-0.39, 0.29) is 0 Å². The molecule has 0 N–H and O–H groups in total. The number of aliphatic carboxylic acids is 1. The number of hydrogen-bond acceptors (Lipinski definition) is 4. The number of rotatable bonds is 4. The lowest BCUT2D eigenvalue weighted by Gasteiger charge is -2.17. The van der Waals surface area contributed by atoms with Crippen LogP contribution in [-0.2, 0) is 11.2 Å². The minimum Gasteiger partial charge on any atom is -0.549 e. The maximum absolute atomic E-state index is 11.1. The third kappa shape index (κ3) is 2.87. The van der Waals surface area contributed by atoms with E-state index in [9.17, 15) is 9.90 Å². The highest BCUT2D eigenvalue weighted by Gasteiger charge is 2.13. The normalized spacial score (nSPS) is 12.0. The van der Waals surface area contributed by atoms with Gasteiger partial charge in [-0.3, -0.25) is 9.97 Å². The average Bonchev–Trinajstić information content (AvgIpc) is 2.38. The monoisotopic (exact) mass is 227 g/mol. The van der Waals surface area contributed by atoms with Crippen LogP contribution in [0.15, 0.2) is 48.9 Å². The van der Waals surface area contributed by atoms with E-state index in [1.54, 1.807) is 30.7 Å². The molecule has 2 rings (SSSR count). The Labute approximate surface area is 99.0 Å². The van der Waals surface area contributed by atoms with Crippen molar-refractivity contribution in [2.24, 2.45) is 0 Å². The van der Waals surface area contributed by atoms with Crippen molar-refractivity contribution in [2.75, 3.05) is 0 Å². The molecule has 2 aromatic rings. The lowest BCUT2D eigenvalue weighted by Crippen LogP contribution is -2.31. The van der Waals surface area contributed by atoms with Crippen LogP contribution >= 0.6 is 0 Å². The summed E-state index contributed by atoms with van der Waals surface area (Å²) in [5, 5.41) is 11.1. The number of nitrogens with zero attached hydrogens (tertiary/aromatic N) is 2. The molecule has 86 valence electrons. The van der Waals surface area contributed by atoms with Gasteiger partial charge in [0.2, 0.25) is 0 Å². The van der Waals surface area contributed by atoms with Crippen molar-refractivity contribution in [3.05, 3.63) is 60.2 Å². The van der Waals surface area contributed by atoms with Crippen molar-refractivity contribution in [2.45, 2.75) is 12.3 Å². The van der Waals surface area contributed by atoms with Gasteiger partial charge in [-0.05, 0) is 5.56 Å². The summed E-state index contributed by atoms with van der Waals surface area (Å²) in [7, 11) is 0. The van der Waals surface area contributed by atoms with Gasteiger partial charge in [0.05, 0.1) is 5.69 Å². The molecule has 1 unspecified atom stereocenters. The molecule has 0 aliphatic carbocycles. The molecule has 0 fully saturated rings. The number of aromatic nitrogens is 2. The predicted molar refractivity (Wildman–Crippen MR) is 59.9 cm³/mol. The number of carboxylic acids is 1. The van der Waals surface area contributed by atoms with E-state index in [0.717, 1.165) is 5.56 Å². The third-order valence-electron chi connectivity index (χ3n) is 2.52. The molecular formula is C13H11N2O2-. The second-order valence-electron chi connectivity index (χ2n) is 3.68. The van der Waals surface area contributed by atoms with Gasteiger partial charge < -0.3 is 9.90 Å². The molecule has 17 heavy (non-hydrogen) atoms. The predicted octanol–water partition coefficient (Wildman–Crippen LogP) is 0.553.